The van der Waals surface area contributed by atoms with E-state index in [9.17, 15) is 0 Å². The number of aryl methyl sites for hydroxylation is 2. The van der Waals surface area contributed by atoms with Crippen LogP contribution in [0, 0.1) is 13.8 Å². The Bertz CT molecular complexity index is 417. The predicted octanol–water partition coefficient (Wildman–Crippen LogP) is 3.27. The van der Waals surface area contributed by atoms with E-state index in [1.807, 2.05) is 0 Å². The predicted molar refractivity (Wildman–Crippen MR) is 85.5 cm³/mol. The highest BCUT2D eigenvalue weighted by atomic mass is 16.5. The number of nitrogens with one attached hydrogen (secondary N) is 1. The molecule has 4 nitrogen and oxygen atoms in total. The van der Waals surface area contributed by atoms with Crippen LogP contribution in [0.1, 0.15) is 67.2 Å². The van der Waals surface area contributed by atoms with Gasteiger partial charge >= 0.3 is 0 Å². The minimum absolute atomic E-state index is 0.570. The van der Waals surface area contributed by atoms with Crippen molar-refractivity contribution < 1.29 is 4.74 Å². The highest BCUT2D eigenvalue weighted by molar-refractivity contribution is 5.25. The molecule has 1 saturated carbocycles. The van der Waals surface area contributed by atoms with Gasteiger partial charge in [0.1, 0.15) is 5.82 Å². The number of methoxy groups -OCH3 is 1. The Hall–Kier alpha value is -1.00. The Morgan fingerprint density at radius 3 is 2.24 bits per heavy atom. The molecule has 1 fully saturated rings. The van der Waals surface area contributed by atoms with Crippen LogP contribution in [-0.2, 0) is 11.3 Å². The van der Waals surface area contributed by atoms with E-state index in [1.54, 1.807) is 7.11 Å². The van der Waals surface area contributed by atoms with Crippen LogP contribution in [0.5, 0.6) is 0 Å². The number of ether oxygens (including phenoxy) is 1. The zero-order valence-electron chi connectivity index (χ0n) is 13.7. The number of aromatic nitrogens is 2. The molecule has 0 radical (unpaired) electrons. The largest absolute Gasteiger partial charge is 0.383 e. The summed E-state index contributed by atoms with van der Waals surface area (Å²) in [6, 6.07) is 0. The van der Waals surface area contributed by atoms with Crippen LogP contribution in [-0.4, -0.2) is 30.2 Å². The van der Waals surface area contributed by atoms with E-state index >= 15 is 0 Å². The molecular formula is C17H29N3O. The Morgan fingerprint density at radius 2 is 1.67 bits per heavy atom. The highest BCUT2D eigenvalue weighted by Crippen LogP contribution is 2.30. The number of hydrogen-bond acceptors (Lipinski definition) is 4. The van der Waals surface area contributed by atoms with Crippen molar-refractivity contribution in [3.63, 3.8) is 0 Å². The van der Waals surface area contributed by atoms with Crippen molar-refractivity contribution in [1.82, 2.24) is 15.3 Å². The number of nitrogens with zero attached hydrogens (tertiary/aromatic N) is 2. The second-order valence-corrected chi connectivity index (χ2v) is 6.09. The van der Waals surface area contributed by atoms with Gasteiger partial charge < -0.3 is 10.1 Å². The van der Waals surface area contributed by atoms with Crippen LogP contribution in [0.4, 0.5) is 0 Å². The fourth-order valence-electron chi connectivity index (χ4n) is 3.13. The number of rotatable bonds is 6. The summed E-state index contributed by atoms with van der Waals surface area (Å²) < 4.78 is 5.06. The van der Waals surface area contributed by atoms with Crippen molar-refractivity contribution in [2.24, 2.45) is 0 Å². The highest BCUT2D eigenvalue weighted by Gasteiger charge is 2.19. The molecule has 0 unspecified atom stereocenters. The van der Waals surface area contributed by atoms with Gasteiger partial charge in [0.15, 0.2) is 0 Å². The molecular weight excluding hydrogens is 262 g/mol. The summed E-state index contributed by atoms with van der Waals surface area (Å²) in [5.74, 6) is 1.65. The van der Waals surface area contributed by atoms with Crippen molar-refractivity contribution in [3.8, 4) is 0 Å². The van der Waals surface area contributed by atoms with Gasteiger partial charge in [-0.2, -0.15) is 0 Å². The van der Waals surface area contributed by atoms with Crippen LogP contribution in [0.2, 0.25) is 0 Å². The zero-order chi connectivity index (χ0) is 15.1. The standard InChI is InChI=1S/C17H29N3O/c1-13-16(12-18-10-11-21-3)14(2)20-17(19-13)15-8-6-4-5-7-9-15/h15,18H,4-12H2,1-3H3. The summed E-state index contributed by atoms with van der Waals surface area (Å²) in [7, 11) is 1.73. The first-order chi connectivity index (χ1) is 10.2. The molecule has 2 rings (SSSR count). The van der Waals surface area contributed by atoms with Gasteiger partial charge in [-0.3, -0.25) is 0 Å². The summed E-state index contributed by atoms with van der Waals surface area (Å²) >= 11 is 0. The molecule has 118 valence electrons. The van der Waals surface area contributed by atoms with Gasteiger partial charge in [-0.25, -0.2) is 9.97 Å². The SMILES string of the molecule is COCCNCc1c(C)nc(C2CCCCCC2)nc1C. The van der Waals surface area contributed by atoms with Crippen molar-refractivity contribution >= 4 is 0 Å². The molecule has 1 aromatic heterocycles. The van der Waals surface area contributed by atoms with Gasteiger partial charge in [-0.05, 0) is 26.7 Å². The van der Waals surface area contributed by atoms with Gasteiger partial charge in [0, 0.05) is 43.1 Å². The molecule has 0 bridgehead atoms. The van der Waals surface area contributed by atoms with Gasteiger partial charge in [-0.15, -0.1) is 0 Å². The molecule has 0 aromatic carbocycles. The summed E-state index contributed by atoms with van der Waals surface area (Å²) in [6.45, 7) is 6.65. The van der Waals surface area contributed by atoms with E-state index in [2.05, 4.69) is 19.2 Å². The lowest BCUT2D eigenvalue weighted by atomic mass is 9.99. The molecule has 0 saturated heterocycles. The average molecular weight is 291 g/mol. The molecule has 0 amide bonds. The summed E-state index contributed by atoms with van der Waals surface area (Å²) in [5.41, 5.74) is 3.50. The Labute approximate surface area is 128 Å². The molecule has 1 aliphatic carbocycles. The third-order valence-corrected chi connectivity index (χ3v) is 4.44. The third kappa shape index (κ3) is 4.75. The van der Waals surface area contributed by atoms with Crippen molar-refractivity contribution in [2.75, 3.05) is 20.3 Å². The first-order valence-corrected chi connectivity index (χ1v) is 8.26. The van der Waals surface area contributed by atoms with Crippen LogP contribution in [0.3, 0.4) is 0 Å². The fourth-order valence-corrected chi connectivity index (χ4v) is 3.13. The van der Waals surface area contributed by atoms with Crippen LogP contribution < -0.4 is 5.32 Å². The van der Waals surface area contributed by atoms with Gasteiger partial charge in [0.2, 0.25) is 0 Å². The average Bonchev–Trinajstić information content (AvgIpc) is 2.74. The van der Waals surface area contributed by atoms with Crippen molar-refractivity contribution in [2.45, 2.75) is 64.8 Å². The quantitative estimate of drug-likeness (QED) is 0.645. The maximum atomic E-state index is 5.06. The van der Waals surface area contributed by atoms with E-state index in [-0.39, 0.29) is 0 Å². The lowest BCUT2D eigenvalue weighted by molar-refractivity contribution is 0.199. The fraction of sp³-hybridized carbons (Fsp3) is 0.765. The minimum Gasteiger partial charge on any atom is -0.383 e. The Balaban J connectivity index is 2.05. The molecule has 1 heterocycles. The van der Waals surface area contributed by atoms with Gasteiger partial charge in [0.25, 0.3) is 0 Å². The van der Waals surface area contributed by atoms with Crippen LogP contribution in [0.25, 0.3) is 0 Å². The molecule has 1 aromatic rings. The normalized spacial score (nSPS) is 16.9. The monoisotopic (exact) mass is 291 g/mol. The lowest BCUT2D eigenvalue weighted by Crippen LogP contribution is -2.21. The third-order valence-electron chi connectivity index (χ3n) is 4.44. The molecule has 1 aliphatic rings. The summed E-state index contributed by atoms with van der Waals surface area (Å²) in [6.07, 6.45) is 7.90. The minimum atomic E-state index is 0.570. The Kier molecular flexibility index (Phi) is 6.58. The van der Waals surface area contributed by atoms with E-state index in [1.165, 1.54) is 44.1 Å². The zero-order valence-corrected chi connectivity index (χ0v) is 13.7. The first kappa shape index (κ1) is 16.4. The smallest absolute Gasteiger partial charge is 0.131 e. The van der Waals surface area contributed by atoms with Crippen molar-refractivity contribution in [3.05, 3.63) is 22.8 Å². The summed E-state index contributed by atoms with van der Waals surface area (Å²) in [4.78, 5) is 9.63. The van der Waals surface area contributed by atoms with Crippen LogP contribution >= 0.6 is 0 Å². The topological polar surface area (TPSA) is 47.0 Å². The Morgan fingerprint density at radius 1 is 1.05 bits per heavy atom. The second-order valence-electron chi connectivity index (χ2n) is 6.09. The van der Waals surface area contributed by atoms with Crippen LogP contribution in [0.15, 0.2) is 0 Å². The van der Waals surface area contributed by atoms with E-state index in [4.69, 9.17) is 14.7 Å². The summed E-state index contributed by atoms with van der Waals surface area (Å²) in [5, 5.41) is 3.39. The van der Waals surface area contributed by atoms with E-state index in [0.29, 0.717) is 5.92 Å². The van der Waals surface area contributed by atoms with Crippen molar-refractivity contribution in [1.29, 1.82) is 0 Å². The second kappa shape index (κ2) is 8.44. The molecule has 0 spiro atoms. The van der Waals surface area contributed by atoms with E-state index in [0.717, 1.165) is 36.9 Å². The molecule has 0 aliphatic heterocycles. The molecule has 4 heteroatoms. The van der Waals surface area contributed by atoms with E-state index < -0.39 is 0 Å². The molecule has 21 heavy (non-hydrogen) atoms. The lowest BCUT2D eigenvalue weighted by Gasteiger charge is -2.17. The molecule has 0 atom stereocenters. The van der Waals surface area contributed by atoms with Gasteiger partial charge in [-0.1, -0.05) is 25.7 Å². The maximum Gasteiger partial charge on any atom is 0.131 e. The number of hydrogen-bond donors (Lipinski definition) is 1. The van der Waals surface area contributed by atoms with Gasteiger partial charge in [0.05, 0.1) is 6.61 Å². The molecule has 1 N–H and O–H groups in total. The maximum absolute atomic E-state index is 5.06. The first-order valence-electron chi connectivity index (χ1n) is 8.26.